The molecule has 0 unspecified atom stereocenters. The average Bonchev–Trinajstić information content (AvgIpc) is 3.03. The van der Waals surface area contributed by atoms with Crippen molar-refractivity contribution in [3.8, 4) is 0 Å². The van der Waals surface area contributed by atoms with Crippen LogP contribution in [0.4, 0.5) is 4.39 Å². The third-order valence-corrected chi connectivity index (χ3v) is 3.03. The Bertz CT molecular complexity index is 368. The number of aliphatic hydroxyl groups excluding tert-OH is 1. The highest BCUT2D eigenvalue weighted by Crippen LogP contribution is 2.37. The molecule has 1 fully saturated rings. The lowest BCUT2D eigenvalue weighted by Gasteiger charge is -2.19. The van der Waals surface area contributed by atoms with Crippen LogP contribution < -0.4 is 5.73 Å². The van der Waals surface area contributed by atoms with E-state index in [0.29, 0.717) is 10.6 Å². The molecule has 0 radical (unpaired) electrons. The Morgan fingerprint density at radius 2 is 2.13 bits per heavy atom. The van der Waals surface area contributed by atoms with E-state index in [1.54, 1.807) is 0 Å². The van der Waals surface area contributed by atoms with Gasteiger partial charge in [0, 0.05) is 10.6 Å². The van der Waals surface area contributed by atoms with Crippen LogP contribution in [-0.4, -0.2) is 11.2 Å². The number of nitrogens with two attached hydrogens (primary N) is 1. The van der Waals surface area contributed by atoms with E-state index in [-0.39, 0.29) is 5.92 Å². The van der Waals surface area contributed by atoms with Gasteiger partial charge in [-0.25, -0.2) is 4.39 Å². The van der Waals surface area contributed by atoms with Crippen LogP contribution in [0, 0.1) is 11.7 Å². The van der Waals surface area contributed by atoms with Crippen molar-refractivity contribution in [3.63, 3.8) is 0 Å². The zero-order valence-corrected chi connectivity index (χ0v) is 8.91. The van der Waals surface area contributed by atoms with E-state index in [0.717, 1.165) is 12.8 Å². The summed E-state index contributed by atoms with van der Waals surface area (Å²) in [7, 11) is 0. The smallest absolute Gasteiger partial charge is 0.128 e. The van der Waals surface area contributed by atoms with Crippen molar-refractivity contribution in [1.82, 2.24) is 0 Å². The second-order valence-electron chi connectivity index (χ2n) is 4.02. The van der Waals surface area contributed by atoms with Gasteiger partial charge in [0.2, 0.25) is 0 Å². The van der Waals surface area contributed by atoms with Crippen LogP contribution in [-0.2, 0) is 0 Å². The molecule has 4 heteroatoms. The van der Waals surface area contributed by atoms with Gasteiger partial charge in [0.25, 0.3) is 0 Å². The van der Waals surface area contributed by atoms with E-state index in [4.69, 9.17) is 17.3 Å². The highest BCUT2D eigenvalue weighted by atomic mass is 35.5. The summed E-state index contributed by atoms with van der Waals surface area (Å²) in [5, 5.41) is 10.2. The molecule has 0 amide bonds. The zero-order chi connectivity index (χ0) is 11.0. The van der Waals surface area contributed by atoms with E-state index in [9.17, 15) is 9.50 Å². The highest BCUT2D eigenvalue weighted by molar-refractivity contribution is 6.30. The summed E-state index contributed by atoms with van der Waals surface area (Å²) in [6, 6.07) is 3.54. The van der Waals surface area contributed by atoms with E-state index in [1.807, 2.05) is 0 Å². The van der Waals surface area contributed by atoms with Crippen LogP contribution in [0.25, 0.3) is 0 Å². The number of benzene rings is 1. The van der Waals surface area contributed by atoms with Gasteiger partial charge in [-0.05, 0) is 37.0 Å². The highest BCUT2D eigenvalue weighted by Gasteiger charge is 2.35. The van der Waals surface area contributed by atoms with Gasteiger partial charge in [-0.15, -0.1) is 0 Å². The van der Waals surface area contributed by atoms with Crippen molar-refractivity contribution in [2.45, 2.75) is 25.0 Å². The minimum Gasteiger partial charge on any atom is -0.391 e. The third-order valence-electron chi connectivity index (χ3n) is 2.79. The summed E-state index contributed by atoms with van der Waals surface area (Å²) < 4.78 is 13.4. The maximum Gasteiger partial charge on any atom is 0.128 e. The summed E-state index contributed by atoms with van der Waals surface area (Å²) >= 11 is 5.76. The van der Waals surface area contributed by atoms with Crippen molar-refractivity contribution in [2.75, 3.05) is 0 Å². The predicted octanol–water partition coefficient (Wildman–Crippen LogP) is 2.25. The molecule has 0 bridgehead atoms. The molecule has 3 N–H and O–H groups in total. The number of aliphatic hydroxyl groups is 1. The fraction of sp³-hybridized carbons (Fsp3) is 0.455. The number of hydrogen-bond donors (Lipinski definition) is 2. The molecule has 82 valence electrons. The Labute approximate surface area is 92.9 Å². The molecule has 2 atom stereocenters. The molecule has 0 heterocycles. The fourth-order valence-electron chi connectivity index (χ4n) is 1.68. The zero-order valence-electron chi connectivity index (χ0n) is 8.16. The Balaban J connectivity index is 2.23. The normalized spacial score (nSPS) is 20.0. The topological polar surface area (TPSA) is 46.2 Å². The van der Waals surface area contributed by atoms with Crippen molar-refractivity contribution in [1.29, 1.82) is 0 Å². The summed E-state index contributed by atoms with van der Waals surface area (Å²) in [4.78, 5) is 0. The lowest BCUT2D eigenvalue weighted by Crippen LogP contribution is -2.28. The van der Waals surface area contributed by atoms with Crippen molar-refractivity contribution in [2.24, 2.45) is 11.7 Å². The summed E-state index contributed by atoms with van der Waals surface area (Å²) in [6.45, 7) is 0. The number of rotatable bonds is 3. The Hall–Kier alpha value is -0.640. The molecule has 0 saturated heterocycles. The second kappa shape index (κ2) is 4.08. The van der Waals surface area contributed by atoms with Gasteiger partial charge in [0.15, 0.2) is 0 Å². The molecule has 1 aromatic rings. The first-order chi connectivity index (χ1) is 7.09. The van der Waals surface area contributed by atoms with Crippen LogP contribution in [0.5, 0.6) is 0 Å². The minimum absolute atomic E-state index is 0.221. The molecular weight excluding hydrogens is 217 g/mol. The molecule has 15 heavy (non-hydrogen) atoms. The van der Waals surface area contributed by atoms with Gasteiger partial charge in [0.05, 0.1) is 12.1 Å². The average molecular weight is 230 g/mol. The third kappa shape index (κ3) is 2.30. The summed E-state index contributed by atoms with van der Waals surface area (Å²) in [6.07, 6.45) is 1.27. The second-order valence-corrected chi connectivity index (χ2v) is 4.46. The van der Waals surface area contributed by atoms with Gasteiger partial charge in [0.1, 0.15) is 5.82 Å². The van der Waals surface area contributed by atoms with Crippen LogP contribution in [0.2, 0.25) is 5.02 Å². The van der Waals surface area contributed by atoms with Gasteiger partial charge in [-0.1, -0.05) is 11.6 Å². The Morgan fingerprint density at radius 1 is 1.47 bits per heavy atom. The largest absolute Gasteiger partial charge is 0.391 e. The number of hydrogen-bond acceptors (Lipinski definition) is 2. The SMILES string of the molecule is N[C@@H](c1cc(Cl)ccc1F)[C@H](O)C1CC1. The molecule has 1 aromatic carbocycles. The lowest BCUT2D eigenvalue weighted by molar-refractivity contribution is 0.121. The van der Waals surface area contributed by atoms with Crippen molar-refractivity contribution in [3.05, 3.63) is 34.6 Å². The van der Waals surface area contributed by atoms with E-state index >= 15 is 0 Å². The minimum atomic E-state index is -0.684. The van der Waals surface area contributed by atoms with Gasteiger partial charge >= 0.3 is 0 Å². The van der Waals surface area contributed by atoms with E-state index in [2.05, 4.69) is 0 Å². The van der Waals surface area contributed by atoms with Crippen molar-refractivity contribution < 1.29 is 9.50 Å². The monoisotopic (exact) mass is 229 g/mol. The number of halogens is 2. The molecule has 1 saturated carbocycles. The lowest BCUT2D eigenvalue weighted by atomic mass is 9.99. The van der Waals surface area contributed by atoms with Gasteiger partial charge < -0.3 is 10.8 Å². The van der Waals surface area contributed by atoms with Crippen LogP contribution >= 0.6 is 11.6 Å². The first-order valence-electron chi connectivity index (χ1n) is 4.98. The predicted molar refractivity (Wildman–Crippen MR) is 57.1 cm³/mol. The van der Waals surface area contributed by atoms with Crippen LogP contribution in [0.3, 0.4) is 0 Å². The fourth-order valence-corrected chi connectivity index (χ4v) is 1.87. The maximum absolute atomic E-state index is 13.4. The Kier molecular flexibility index (Phi) is 2.96. The first-order valence-corrected chi connectivity index (χ1v) is 5.36. The maximum atomic E-state index is 13.4. The molecule has 0 aromatic heterocycles. The van der Waals surface area contributed by atoms with Gasteiger partial charge in [-0.2, -0.15) is 0 Å². The molecule has 0 spiro atoms. The summed E-state index contributed by atoms with van der Waals surface area (Å²) in [5.41, 5.74) is 6.09. The molecule has 2 rings (SSSR count). The first kappa shape index (κ1) is 10.9. The Morgan fingerprint density at radius 3 is 2.73 bits per heavy atom. The molecule has 2 nitrogen and oxygen atoms in total. The van der Waals surface area contributed by atoms with E-state index in [1.165, 1.54) is 18.2 Å². The molecular formula is C11H13ClFNO. The summed E-state index contributed by atoms with van der Waals surface area (Å²) in [5.74, 6) is -0.190. The van der Waals surface area contributed by atoms with Crippen LogP contribution in [0.15, 0.2) is 18.2 Å². The van der Waals surface area contributed by atoms with Crippen molar-refractivity contribution >= 4 is 11.6 Å². The van der Waals surface area contributed by atoms with Gasteiger partial charge in [-0.3, -0.25) is 0 Å². The molecule has 0 aliphatic heterocycles. The van der Waals surface area contributed by atoms with E-state index < -0.39 is 18.0 Å². The van der Waals surface area contributed by atoms with Crippen LogP contribution in [0.1, 0.15) is 24.4 Å². The quantitative estimate of drug-likeness (QED) is 0.835. The molecule has 1 aliphatic carbocycles. The standard InChI is InChI=1S/C11H13ClFNO/c12-7-3-4-9(13)8(5-7)10(14)11(15)6-1-2-6/h3-6,10-11,15H,1-2,14H2/t10-,11+/m0/s1. The molecule has 1 aliphatic rings.